The van der Waals surface area contributed by atoms with Gasteiger partial charge in [-0.2, -0.15) is 4.98 Å². The van der Waals surface area contributed by atoms with Gasteiger partial charge in [-0.15, -0.1) is 0 Å². The predicted molar refractivity (Wildman–Crippen MR) is 85.1 cm³/mol. The van der Waals surface area contributed by atoms with Gasteiger partial charge in [-0.1, -0.05) is 0 Å². The second kappa shape index (κ2) is 5.26. The van der Waals surface area contributed by atoms with E-state index in [2.05, 4.69) is 20.6 Å². The maximum atomic E-state index is 11.9. The SMILES string of the molecule is C[C@@]1(O)C(n2cc3c4c([nH]c(=O)nc42)NCC(=O)N3)O[C@H](CO)[C@H]1O. The second-order valence-electron chi connectivity index (χ2n) is 6.35. The number of rotatable bonds is 2. The Hall–Kier alpha value is -2.47. The number of nitrogens with one attached hydrogen (secondary N) is 3. The zero-order chi connectivity index (χ0) is 17.9. The van der Waals surface area contributed by atoms with Crippen molar-refractivity contribution in [3.05, 3.63) is 16.7 Å². The van der Waals surface area contributed by atoms with Crippen molar-refractivity contribution < 1.29 is 24.9 Å². The van der Waals surface area contributed by atoms with Gasteiger partial charge < -0.3 is 35.3 Å². The molecule has 2 aliphatic heterocycles. The fourth-order valence-corrected chi connectivity index (χ4v) is 3.33. The smallest absolute Gasteiger partial charge is 0.348 e. The van der Waals surface area contributed by atoms with Crippen molar-refractivity contribution in [2.24, 2.45) is 0 Å². The summed E-state index contributed by atoms with van der Waals surface area (Å²) in [6.45, 7) is 0.852. The molecule has 2 aliphatic rings. The van der Waals surface area contributed by atoms with Crippen LogP contribution in [0.15, 0.2) is 11.0 Å². The van der Waals surface area contributed by atoms with Crippen LogP contribution in [0.1, 0.15) is 13.2 Å². The molecule has 2 aromatic rings. The Labute approximate surface area is 140 Å². The Morgan fingerprint density at radius 2 is 2.24 bits per heavy atom. The molecular formula is C14H17N5O6. The molecule has 134 valence electrons. The molecule has 1 fully saturated rings. The highest BCUT2D eigenvalue weighted by atomic mass is 16.6. The summed E-state index contributed by atoms with van der Waals surface area (Å²) >= 11 is 0. The maximum Gasteiger partial charge on any atom is 0.348 e. The van der Waals surface area contributed by atoms with Crippen molar-refractivity contribution in [1.29, 1.82) is 0 Å². The number of hydrogen-bond acceptors (Lipinski definition) is 8. The number of H-pyrrole nitrogens is 1. The number of carbonyl (C=O) groups is 1. The first-order chi connectivity index (χ1) is 11.8. The van der Waals surface area contributed by atoms with Crippen LogP contribution in [0, 0.1) is 0 Å². The minimum Gasteiger partial charge on any atom is -0.394 e. The Bertz CT molecular complexity index is 918. The third-order valence-corrected chi connectivity index (χ3v) is 4.58. The van der Waals surface area contributed by atoms with Gasteiger partial charge in [-0.3, -0.25) is 9.78 Å². The molecule has 11 heteroatoms. The lowest BCUT2D eigenvalue weighted by atomic mass is 9.96. The monoisotopic (exact) mass is 351 g/mol. The molecule has 0 aromatic carbocycles. The van der Waals surface area contributed by atoms with Crippen molar-refractivity contribution in [3.8, 4) is 0 Å². The number of anilines is 2. The molecule has 6 N–H and O–H groups in total. The minimum atomic E-state index is -1.75. The van der Waals surface area contributed by atoms with Crippen molar-refractivity contribution in [3.63, 3.8) is 0 Å². The summed E-state index contributed by atoms with van der Waals surface area (Å²) in [5, 5.41) is 36.1. The minimum absolute atomic E-state index is 0.0212. The standard InChI is InChI=1S/C14H17N5O6/c1-14(24)9(22)6(4-20)25-12(14)19-3-5-8-10(15-2-7(21)16-5)17-13(23)18-11(8)19/h3,6,9,12,20,22,24H,2,4H2,1H3,(H,16,21)(H2,15,17,18,23)/t6-,9-,12?,14+/m1/s1. The molecule has 4 heterocycles. The predicted octanol–water partition coefficient (Wildman–Crippen LogP) is -1.91. The van der Waals surface area contributed by atoms with E-state index in [0.29, 0.717) is 16.9 Å². The molecule has 0 aliphatic carbocycles. The van der Waals surface area contributed by atoms with Gasteiger partial charge in [0.2, 0.25) is 5.91 Å². The summed E-state index contributed by atoms with van der Waals surface area (Å²) in [4.78, 5) is 30.2. The number of hydrogen-bond donors (Lipinski definition) is 6. The fraction of sp³-hybridized carbons (Fsp3) is 0.500. The number of aromatic amines is 1. The van der Waals surface area contributed by atoms with Gasteiger partial charge in [0.05, 0.1) is 24.2 Å². The number of aromatic nitrogens is 3. The molecule has 0 radical (unpaired) electrons. The van der Waals surface area contributed by atoms with Gasteiger partial charge >= 0.3 is 5.69 Å². The summed E-state index contributed by atoms with van der Waals surface area (Å²) < 4.78 is 6.95. The summed E-state index contributed by atoms with van der Waals surface area (Å²) in [5.74, 6) is 0.00228. The Morgan fingerprint density at radius 1 is 1.48 bits per heavy atom. The summed E-state index contributed by atoms with van der Waals surface area (Å²) in [6.07, 6.45) is -1.98. The molecule has 1 unspecified atom stereocenters. The molecule has 4 atom stereocenters. The number of amides is 1. The number of ether oxygens (including phenoxy) is 1. The summed E-state index contributed by atoms with van der Waals surface area (Å²) in [5.41, 5.74) is -1.85. The lowest BCUT2D eigenvalue weighted by molar-refractivity contribution is -0.114. The molecule has 0 spiro atoms. The quantitative estimate of drug-likeness (QED) is 0.365. The van der Waals surface area contributed by atoms with Crippen LogP contribution >= 0.6 is 0 Å². The van der Waals surface area contributed by atoms with Crippen LogP contribution in [0.2, 0.25) is 0 Å². The molecule has 25 heavy (non-hydrogen) atoms. The fourth-order valence-electron chi connectivity index (χ4n) is 3.33. The van der Waals surface area contributed by atoms with Crippen molar-refractivity contribution in [2.45, 2.75) is 31.0 Å². The number of aliphatic hydroxyl groups excluding tert-OH is 2. The first kappa shape index (κ1) is 16.0. The van der Waals surface area contributed by atoms with Crippen LogP contribution < -0.4 is 16.3 Å². The highest BCUT2D eigenvalue weighted by molar-refractivity contribution is 6.09. The molecule has 2 aromatic heterocycles. The first-order valence-corrected chi connectivity index (χ1v) is 7.68. The number of carbonyl (C=O) groups excluding carboxylic acids is 1. The van der Waals surface area contributed by atoms with Crippen LogP contribution in [0.25, 0.3) is 11.0 Å². The normalized spacial score (nSPS) is 31.7. The van der Waals surface area contributed by atoms with Gasteiger partial charge in [0.1, 0.15) is 23.6 Å². The van der Waals surface area contributed by atoms with Gasteiger partial charge in [-0.05, 0) is 6.92 Å². The van der Waals surface area contributed by atoms with E-state index in [4.69, 9.17) is 4.74 Å². The van der Waals surface area contributed by atoms with E-state index in [1.165, 1.54) is 17.7 Å². The molecule has 1 amide bonds. The molecular weight excluding hydrogens is 334 g/mol. The number of aliphatic hydroxyl groups is 3. The molecule has 11 nitrogen and oxygen atoms in total. The Kier molecular flexibility index (Phi) is 3.37. The highest BCUT2D eigenvalue weighted by Gasteiger charge is 2.53. The maximum absolute atomic E-state index is 11.9. The third-order valence-electron chi connectivity index (χ3n) is 4.58. The number of nitrogens with zero attached hydrogens (tertiary/aromatic N) is 2. The lowest BCUT2D eigenvalue weighted by Gasteiger charge is -2.27. The van der Waals surface area contributed by atoms with E-state index in [-0.39, 0.29) is 18.1 Å². The van der Waals surface area contributed by atoms with Crippen LogP contribution in [-0.2, 0) is 9.53 Å². The zero-order valence-electron chi connectivity index (χ0n) is 13.2. The molecule has 1 saturated heterocycles. The second-order valence-corrected chi connectivity index (χ2v) is 6.35. The molecule has 4 rings (SSSR count). The molecule has 0 bridgehead atoms. The Balaban J connectivity index is 1.94. The summed E-state index contributed by atoms with van der Waals surface area (Å²) in [6, 6.07) is 0. The van der Waals surface area contributed by atoms with E-state index < -0.39 is 36.3 Å². The zero-order valence-corrected chi connectivity index (χ0v) is 13.2. The van der Waals surface area contributed by atoms with E-state index in [9.17, 15) is 24.9 Å². The average Bonchev–Trinajstić information content (AvgIpc) is 2.94. The van der Waals surface area contributed by atoms with Crippen molar-refractivity contribution >= 4 is 28.4 Å². The van der Waals surface area contributed by atoms with Crippen LogP contribution in [0.3, 0.4) is 0 Å². The van der Waals surface area contributed by atoms with Crippen molar-refractivity contribution in [2.75, 3.05) is 23.8 Å². The van der Waals surface area contributed by atoms with E-state index >= 15 is 0 Å². The highest BCUT2D eigenvalue weighted by Crippen LogP contribution is 2.42. The average molecular weight is 351 g/mol. The largest absolute Gasteiger partial charge is 0.394 e. The van der Waals surface area contributed by atoms with Crippen LogP contribution in [0.5, 0.6) is 0 Å². The van der Waals surface area contributed by atoms with E-state index in [1.54, 1.807) is 0 Å². The third kappa shape index (κ3) is 2.24. The topological polar surface area (TPSA) is 162 Å². The first-order valence-electron chi connectivity index (χ1n) is 7.68. The van der Waals surface area contributed by atoms with Gasteiger partial charge in [-0.25, -0.2) is 4.79 Å². The van der Waals surface area contributed by atoms with E-state index in [1.807, 2.05) is 0 Å². The lowest BCUT2D eigenvalue weighted by Crippen LogP contribution is -2.44. The molecule has 0 saturated carbocycles. The Morgan fingerprint density at radius 3 is 2.92 bits per heavy atom. The van der Waals surface area contributed by atoms with Gasteiger partial charge in [0, 0.05) is 6.20 Å². The summed E-state index contributed by atoms with van der Waals surface area (Å²) in [7, 11) is 0. The van der Waals surface area contributed by atoms with Crippen LogP contribution in [0.4, 0.5) is 11.5 Å². The van der Waals surface area contributed by atoms with Gasteiger partial charge in [0.25, 0.3) is 0 Å². The van der Waals surface area contributed by atoms with Crippen LogP contribution in [-0.4, -0.2) is 66.7 Å². The van der Waals surface area contributed by atoms with E-state index in [0.717, 1.165) is 0 Å². The van der Waals surface area contributed by atoms with Crippen molar-refractivity contribution in [1.82, 2.24) is 14.5 Å². The van der Waals surface area contributed by atoms with Gasteiger partial charge in [0.15, 0.2) is 11.9 Å².